The van der Waals surface area contributed by atoms with Gasteiger partial charge >= 0.3 is 0 Å². The maximum absolute atomic E-state index is 3.47. The van der Waals surface area contributed by atoms with Gasteiger partial charge in [0.2, 0.25) is 0 Å². The van der Waals surface area contributed by atoms with Crippen molar-refractivity contribution in [2.45, 2.75) is 58.4 Å². The summed E-state index contributed by atoms with van der Waals surface area (Å²) in [5.74, 6) is 3.85. The molecular formula is C13H27NS. The lowest BCUT2D eigenvalue weighted by Crippen LogP contribution is -2.25. The predicted molar refractivity (Wildman–Crippen MR) is 71.7 cm³/mol. The summed E-state index contributed by atoms with van der Waals surface area (Å²) in [6.07, 6.45) is 8.70. The minimum absolute atomic E-state index is 0.710. The number of hydrogen-bond acceptors (Lipinski definition) is 2. The van der Waals surface area contributed by atoms with Crippen LogP contribution in [0, 0.1) is 5.92 Å². The molecule has 0 radical (unpaired) electrons. The minimum atomic E-state index is 0.710. The molecule has 1 rings (SSSR count). The van der Waals surface area contributed by atoms with E-state index in [2.05, 4.69) is 30.9 Å². The van der Waals surface area contributed by atoms with Crippen molar-refractivity contribution in [3.63, 3.8) is 0 Å². The van der Waals surface area contributed by atoms with E-state index in [1.807, 2.05) is 0 Å². The Balaban J connectivity index is 1.84. The molecule has 0 aromatic heterocycles. The van der Waals surface area contributed by atoms with Crippen molar-refractivity contribution in [3.05, 3.63) is 0 Å². The summed E-state index contributed by atoms with van der Waals surface area (Å²) >= 11 is 2.18. The molecule has 90 valence electrons. The largest absolute Gasteiger partial charge is 0.315 e. The Morgan fingerprint density at radius 1 is 1.33 bits per heavy atom. The van der Waals surface area contributed by atoms with Crippen LogP contribution < -0.4 is 5.32 Å². The number of thioether (sulfide) groups is 1. The zero-order valence-electron chi connectivity index (χ0n) is 10.4. The van der Waals surface area contributed by atoms with E-state index >= 15 is 0 Å². The quantitative estimate of drug-likeness (QED) is 0.637. The fourth-order valence-corrected chi connectivity index (χ4v) is 3.57. The van der Waals surface area contributed by atoms with Crippen LogP contribution in [0.2, 0.25) is 0 Å². The van der Waals surface area contributed by atoms with Gasteiger partial charge < -0.3 is 5.32 Å². The number of nitrogens with one attached hydrogen (secondary N) is 1. The molecule has 0 bridgehead atoms. The lowest BCUT2D eigenvalue weighted by molar-refractivity contribution is 0.526. The first-order valence-electron chi connectivity index (χ1n) is 6.64. The molecule has 0 aromatic carbocycles. The monoisotopic (exact) mass is 229 g/mol. The van der Waals surface area contributed by atoms with Crippen LogP contribution >= 0.6 is 11.8 Å². The van der Waals surface area contributed by atoms with Crippen molar-refractivity contribution in [2.75, 3.05) is 18.1 Å². The minimum Gasteiger partial charge on any atom is -0.315 e. The van der Waals surface area contributed by atoms with E-state index in [1.54, 1.807) is 0 Å². The highest BCUT2D eigenvalue weighted by molar-refractivity contribution is 7.99. The zero-order valence-corrected chi connectivity index (χ0v) is 11.2. The molecule has 0 saturated heterocycles. The second-order valence-electron chi connectivity index (χ2n) is 4.83. The Morgan fingerprint density at radius 3 is 2.73 bits per heavy atom. The van der Waals surface area contributed by atoms with Crippen LogP contribution in [0.4, 0.5) is 0 Å². The highest BCUT2D eigenvalue weighted by atomic mass is 32.2. The van der Waals surface area contributed by atoms with Gasteiger partial charge in [0.15, 0.2) is 0 Å². The molecule has 1 fully saturated rings. The Labute approximate surface area is 99.8 Å². The van der Waals surface area contributed by atoms with Crippen molar-refractivity contribution in [2.24, 2.45) is 5.92 Å². The van der Waals surface area contributed by atoms with Gasteiger partial charge in [-0.05, 0) is 56.6 Å². The van der Waals surface area contributed by atoms with Gasteiger partial charge in [0.25, 0.3) is 0 Å². The zero-order chi connectivity index (χ0) is 10.9. The molecule has 2 heteroatoms. The average molecular weight is 229 g/mol. The standard InChI is InChI=1S/C13H27NS/c1-3-14-12(2)7-6-10-15-11-13-8-4-5-9-13/h12-14H,3-11H2,1-2H3. The van der Waals surface area contributed by atoms with Crippen molar-refractivity contribution >= 4 is 11.8 Å². The molecule has 0 aromatic rings. The molecule has 1 saturated carbocycles. The predicted octanol–water partition coefficient (Wildman–Crippen LogP) is 3.69. The van der Waals surface area contributed by atoms with E-state index in [0.29, 0.717) is 6.04 Å². The van der Waals surface area contributed by atoms with Crippen LogP contribution in [0.15, 0.2) is 0 Å². The maximum atomic E-state index is 3.47. The molecule has 1 aliphatic carbocycles. The molecule has 0 heterocycles. The summed E-state index contributed by atoms with van der Waals surface area (Å²) in [4.78, 5) is 0. The Morgan fingerprint density at radius 2 is 2.07 bits per heavy atom. The molecule has 0 spiro atoms. The first kappa shape index (κ1) is 13.4. The molecule has 1 unspecified atom stereocenters. The average Bonchev–Trinajstić information content (AvgIpc) is 2.70. The van der Waals surface area contributed by atoms with Gasteiger partial charge in [-0.3, -0.25) is 0 Å². The molecule has 15 heavy (non-hydrogen) atoms. The Hall–Kier alpha value is 0.310. The summed E-state index contributed by atoms with van der Waals surface area (Å²) in [6.45, 7) is 5.59. The summed E-state index contributed by atoms with van der Waals surface area (Å²) in [5, 5.41) is 3.47. The third-order valence-electron chi connectivity index (χ3n) is 3.31. The van der Waals surface area contributed by atoms with Gasteiger partial charge in [-0.15, -0.1) is 0 Å². The molecular weight excluding hydrogens is 202 g/mol. The van der Waals surface area contributed by atoms with Crippen LogP contribution in [0.1, 0.15) is 52.4 Å². The van der Waals surface area contributed by atoms with Gasteiger partial charge in [0.1, 0.15) is 0 Å². The van der Waals surface area contributed by atoms with Crippen molar-refractivity contribution < 1.29 is 0 Å². The van der Waals surface area contributed by atoms with Gasteiger partial charge in [0, 0.05) is 6.04 Å². The third-order valence-corrected chi connectivity index (χ3v) is 4.59. The van der Waals surface area contributed by atoms with Crippen molar-refractivity contribution in [1.82, 2.24) is 5.32 Å². The summed E-state index contributed by atoms with van der Waals surface area (Å²) in [6, 6.07) is 0.710. The van der Waals surface area contributed by atoms with Crippen molar-refractivity contribution in [1.29, 1.82) is 0 Å². The number of hydrogen-bond donors (Lipinski definition) is 1. The van der Waals surface area contributed by atoms with Crippen molar-refractivity contribution in [3.8, 4) is 0 Å². The Kier molecular flexibility index (Phi) is 7.54. The van der Waals surface area contributed by atoms with Crippen LogP contribution in [-0.2, 0) is 0 Å². The van der Waals surface area contributed by atoms with Gasteiger partial charge in [-0.25, -0.2) is 0 Å². The fourth-order valence-electron chi connectivity index (χ4n) is 2.37. The van der Waals surface area contributed by atoms with Gasteiger partial charge in [-0.1, -0.05) is 19.8 Å². The van der Waals surface area contributed by atoms with Crippen LogP contribution in [0.5, 0.6) is 0 Å². The molecule has 1 aliphatic rings. The van der Waals surface area contributed by atoms with Gasteiger partial charge in [0.05, 0.1) is 0 Å². The first-order chi connectivity index (χ1) is 7.33. The highest BCUT2D eigenvalue weighted by Crippen LogP contribution is 2.28. The fraction of sp³-hybridized carbons (Fsp3) is 1.00. The van der Waals surface area contributed by atoms with E-state index in [0.717, 1.165) is 12.5 Å². The van der Waals surface area contributed by atoms with E-state index < -0.39 is 0 Å². The molecule has 1 N–H and O–H groups in total. The maximum Gasteiger partial charge on any atom is 0.00389 e. The molecule has 1 atom stereocenters. The lowest BCUT2D eigenvalue weighted by Gasteiger charge is -2.12. The molecule has 0 amide bonds. The molecule has 1 nitrogen and oxygen atoms in total. The first-order valence-corrected chi connectivity index (χ1v) is 7.79. The summed E-state index contributed by atoms with van der Waals surface area (Å²) in [5.41, 5.74) is 0. The summed E-state index contributed by atoms with van der Waals surface area (Å²) < 4.78 is 0. The van der Waals surface area contributed by atoms with Crippen LogP contribution in [0.25, 0.3) is 0 Å². The SMILES string of the molecule is CCNC(C)CCCSCC1CCCC1. The highest BCUT2D eigenvalue weighted by Gasteiger charge is 2.14. The Bertz CT molecular complexity index is 143. The van der Waals surface area contributed by atoms with Crippen LogP contribution in [0.3, 0.4) is 0 Å². The topological polar surface area (TPSA) is 12.0 Å². The number of rotatable bonds is 8. The van der Waals surface area contributed by atoms with E-state index in [4.69, 9.17) is 0 Å². The lowest BCUT2D eigenvalue weighted by atomic mass is 10.1. The smallest absolute Gasteiger partial charge is 0.00389 e. The van der Waals surface area contributed by atoms with Crippen LogP contribution in [-0.4, -0.2) is 24.1 Å². The summed E-state index contributed by atoms with van der Waals surface area (Å²) in [7, 11) is 0. The van der Waals surface area contributed by atoms with E-state index in [-0.39, 0.29) is 0 Å². The van der Waals surface area contributed by atoms with E-state index in [9.17, 15) is 0 Å². The second kappa shape index (κ2) is 8.46. The second-order valence-corrected chi connectivity index (χ2v) is 5.98. The van der Waals surface area contributed by atoms with E-state index in [1.165, 1.54) is 50.0 Å². The van der Waals surface area contributed by atoms with Gasteiger partial charge in [-0.2, -0.15) is 11.8 Å². The third kappa shape index (κ3) is 6.47. The normalized spacial score (nSPS) is 19.6. The molecule has 0 aliphatic heterocycles.